The van der Waals surface area contributed by atoms with Gasteiger partial charge in [-0.3, -0.25) is 9.59 Å². The van der Waals surface area contributed by atoms with Crippen LogP contribution in [0.5, 0.6) is 11.5 Å². The van der Waals surface area contributed by atoms with Crippen LogP contribution < -0.4 is 14.8 Å². The van der Waals surface area contributed by atoms with Crippen molar-refractivity contribution < 1.29 is 28.6 Å². The molecule has 1 heterocycles. The molecule has 0 radical (unpaired) electrons. The average molecular weight is 381 g/mol. The van der Waals surface area contributed by atoms with E-state index in [-0.39, 0.29) is 18.1 Å². The third-order valence-electron chi connectivity index (χ3n) is 4.30. The van der Waals surface area contributed by atoms with Gasteiger partial charge in [-0.25, -0.2) is 4.79 Å². The van der Waals surface area contributed by atoms with Crippen LogP contribution in [0.15, 0.2) is 48.5 Å². The first-order chi connectivity index (χ1) is 13.5. The van der Waals surface area contributed by atoms with Crippen LogP contribution in [0, 0.1) is 0 Å². The molecule has 3 rings (SSSR count). The molecule has 0 spiro atoms. The fourth-order valence-corrected chi connectivity index (χ4v) is 2.91. The number of ether oxygens (including phenoxy) is 3. The van der Waals surface area contributed by atoms with Crippen LogP contribution in [-0.2, 0) is 19.1 Å². The molecule has 0 aliphatic carbocycles. The monoisotopic (exact) mass is 381 g/mol. The number of carbonyl (C=O) groups excluding carboxylic acids is 3. The lowest BCUT2D eigenvalue weighted by atomic mass is 9.91. The van der Waals surface area contributed by atoms with Crippen LogP contribution in [0.3, 0.4) is 0 Å². The molecule has 1 amide bonds. The number of anilines is 1. The zero-order valence-electron chi connectivity index (χ0n) is 15.4. The van der Waals surface area contributed by atoms with Crippen molar-refractivity contribution in [3.05, 3.63) is 59.7 Å². The lowest BCUT2D eigenvalue weighted by Gasteiger charge is -2.24. The van der Waals surface area contributed by atoms with E-state index in [0.29, 0.717) is 22.6 Å². The highest BCUT2D eigenvalue weighted by Crippen LogP contribution is 2.35. The summed E-state index contributed by atoms with van der Waals surface area (Å²) in [5.74, 6) is -1.41. The summed E-state index contributed by atoms with van der Waals surface area (Å²) in [4.78, 5) is 35.9. The molecule has 2 aromatic carbocycles. The largest absolute Gasteiger partial charge is 0.493 e. The molecule has 7 nitrogen and oxygen atoms in total. The number of nitrogens with one attached hydrogen (secondary N) is 1. The number of rotatable bonds is 5. The Bertz CT molecular complexity index is 950. The van der Waals surface area contributed by atoms with Gasteiger partial charge in [-0.1, -0.05) is 24.3 Å². The summed E-state index contributed by atoms with van der Waals surface area (Å²) in [5.41, 5.74) is 1.99. The van der Waals surface area contributed by atoms with E-state index in [4.69, 9.17) is 9.47 Å². The number of hydrogen-bond donors (Lipinski definition) is 1. The van der Waals surface area contributed by atoms with Gasteiger partial charge in [0.05, 0.1) is 20.1 Å². The fraction of sp³-hybridized carbons (Fsp3) is 0.190. The highest BCUT2D eigenvalue weighted by atomic mass is 16.6. The number of para-hydroxylation sites is 1. The normalized spacial score (nSPS) is 15.5. The summed E-state index contributed by atoms with van der Waals surface area (Å²) in [6.07, 6.45) is 2.85. The fourth-order valence-electron chi connectivity index (χ4n) is 2.91. The Balaban J connectivity index is 1.82. The molecule has 1 aliphatic heterocycles. The van der Waals surface area contributed by atoms with Crippen LogP contribution in [0.2, 0.25) is 0 Å². The van der Waals surface area contributed by atoms with Crippen LogP contribution in [0.25, 0.3) is 6.08 Å². The minimum Gasteiger partial charge on any atom is -0.493 e. The number of benzene rings is 2. The molecule has 28 heavy (non-hydrogen) atoms. The molecule has 0 bridgehead atoms. The van der Waals surface area contributed by atoms with Crippen LogP contribution in [-0.4, -0.2) is 32.1 Å². The molecule has 1 N–H and O–H groups in total. The van der Waals surface area contributed by atoms with E-state index in [1.54, 1.807) is 48.5 Å². The summed E-state index contributed by atoms with van der Waals surface area (Å²) >= 11 is 0. The Labute approximate surface area is 161 Å². The maximum atomic E-state index is 12.7. The van der Waals surface area contributed by atoms with Gasteiger partial charge < -0.3 is 19.5 Å². The minimum atomic E-state index is -0.700. The van der Waals surface area contributed by atoms with Crippen molar-refractivity contribution >= 4 is 29.6 Å². The van der Waals surface area contributed by atoms with E-state index in [1.807, 2.05) is 0 Å². The lowest BCUT2D eigenvalue weighted by molar-refractivity contribution is -0.138. The first-order valence-electron chi connectivity index (χ1n) is 8.56. The maximum absolute atomic E-state index is 12.7. The van der Waals surface area contributed by atoms with Gasteiger partial charge in [0, 0.05) is 18.2 Å². The molecule has 0 aromatic heterocycles. The van der Waals surface area contributed by atoms with Crippen LogP contribution in [0.1, 0.15) is 23.5 Å². The maximum Gasteiger partial charge on any atom is 0.330 e. The van der Waals surface area contributed by atoms with Crippen molar-refractivity contribution in [3.63, 3.8) is 0 Å². The first-order valence-corrected chi connectivity index (χ1v) is 8.56. The lowest BCUT2D eigenvalue weighted by Crippen LogP contribution is -2.29. The van der Waals surface area contributed by atoms with Crippen molar-refractivity contribution in [2.24, 2.45) is 0 Å². The first kappa shape index (κ1) is 19.2. The summed E-state index contributed by atoms with van der Waals surface area (Å²) in [6.45, 7) is 0. The second kappa shape index (κ2) is 8.39. The predicted octanol–water partition coefficient (Wildman–Crippen LogP) is 2.91. The molecule has 0 saturated carbocycles. The third-order valence-corrected chi connectivity index (χ3v) is 4.30. The Morgan fingerprint density at radius 3 is 2.64 bits per heavy atom. The molecule has 0 unspecified atom stereocenters. The molecule has 0 saturated heterocycles. The quantitative estimate of drug-likeness (QED) is 0.487. The Kier molecular flexibility index (Phi) is 5.74. The molecule has 144 valence electrons. The van der Waals surface area contributed by atoms with Crippen molar-refractivity contribution in [2.75, 3.05) is 19.5 Å². The topological polar surface area (TPSA) is 90.9 Å². The molecule has 2 aromatic rings. The highest BCUT2D eigenvalue weighted by Gasteiger charge is 2.32. The molecular formula is C21H19NO6. The second-order valence-corrected chi connectivity index (χ2v) is 6.08. The van der Waals surface area contributed by atoms with E-state index >= 15 is 0 Å². The number of fused-ring (bicyclic) bond motifs is 1. The van der Waals surface area contributed by atoms with Crippen LogP contribution in [0.4, 0.5) is 5.69 Å². The van der Waals surface area contributed by atoms with Gasteiger partial charge in [-0.05, 0) is 35.4 Å². The Morgan fingerprint density at radius 2 is 1.89 bits per heavy atom. The van der Waals surface area contributed by atoms with Crippen molar-refractivity contribution in [3.8, 4) is 11.5 Å². The smallest absolute Gasteiger partial charge is 0.330 e. The summed E-state index contributed by atoms with van der Waals surface area (Å²) in [5, 5.41) is 2.75. The van der Waals surface area contributed by atoms with Crippen molar-refractivity contribution in [2.45, 2.75) is 12.3 Å². The van der Waals surface area contributed by atoms with Gasteiger partial charge in [0.25, 0.3) is 0 Å². The standard InChI is InChI=1S/C21H19NO6/c1-26-18-11-13(8-10-20(24)27-2)7-9-17(18)28-21(25)15-12-19(23)22-16-6-4-3-5-14(15)16/h3-11,15H,12H2,1-2H3,(H,22,23)/b10-8+/t15-/m1/s1. The number of carbonyl (C=O) groups is 3. The average Bonchev–Trinajstić information content (AvgIpc) is 2.71. The van der Waals surface area contributed by atoms with Gasteiger partial charge in [0.15, 0.2) is 11.5 Å². The third kappa shape index (κ3) is 4.20. The van der Waals surface area contributed by atoms with Gasteiger partial charge in [0.1, 0.15) is 0 Å². The molecule has 1 aliphatic rings. The molecular weight excluding hydrogens is 362 g/mol. The summed E-state index contributed by atoms with van der Waals surface area (Å²) in [7, 11) is 2.74. The second-order valence-electron chi connectivity index (χ2n) is 6.08. The number of esters is 2. The Hall–Kier alpha value is -3.61. The van der Waals surface area contributed by atoms with Gasteiger partial charge in [-0.2, -0.15) is 0 Å². The predicted molar refractivity (Wildman–Crippen MR) is 102 cm³/mol. The zero-order valence-corrected chi connectivity index (χ0v) is 15.4. The number of hydrogen-bond acceptors (Lipinski definition) is 6. The van der Waals surface area contributed by atoms with E-state index in [2.05, 4.69) is 10.1 Å². The van der Waals surface area contributed by atoms with Gasteiger partial charge in [0.2, 0.25) is 5.91 Å². The summed E-state index contributed by atoms with van der Waals surface area (Å²) < 4.78 is 15.4. The van der Waals surface area contributed by atoms with Gasteiger partial charge >= 0.3 is 11.9 Å². The molecule has 0 fully saturated rings. The van der Waals surface area contributed by atoms with E-state index < -0.39 is 17.9 Å². The minimum absolute atomic E-state index is 0.0120. The van der Waals surface area contributed by atoms with Crippen molar-refractivity contribution in [1.29, 1.82) is 0 Å². The summed E-state index contributed by atoms with van der Waals surface area (Å²) in [6, 6.07) is 12.0. The number of amides is 1. The van der Waals surface area contributed by atoms with E-state index in [1.165, 1.54) is 20.3 Å². The van der Waals surface area contributed by atoms with Gasteiger partial charge in [-0.15, -0.1) is 0 Å². The molecule has 1 atom stereocenters. The molecule has 7 heteroatoms. The number of methoxy groups -OCH3 is 2. The van der Waals surface area contributed by atoms with Crippen molar-refractivity contribution in [1.82, 2.24) is 0 Å². The Morgan fingerprint density at radius 1 is 1.11 bits per heavy atom. The van der Waals surface area contributed by atoms with E-state index in [0.717, 1.165) is 0 Å². The zero-order chi connectivity index (χ0) is 20.1. The van der Waals surface area contributed by atoms with E-state index in [9.17, 15) is 14.4 Å². The SMILES string of the molecule is COC(=O)/C=C/c1ccc(OC(=O)[C@@H]2CC(=O)Nc3ccccc32)c(OC)c1. The highest BCUT2D eigenvalue weighted by molar-refractivity contribution is 6.00. The van der Waals surface area contributed by atoms with Crippen LogP contribution >= 0.6 is 0 Å².